The van der Waals surface area contributed by atoms with Crippen LogP contribution in [0.25, 0.3) is 0 Å². The maximum atomic E-state index is 12.2. The molecule has 19 heavy (non-hydrogen) atoms. The maximum Gasteiger partial charge on any atom is 0.263 e. The first kappa shape index (κ1) is 13.6. The zero-order valence-electron chi connectivity index (χ0n) is 10.6. The molecule has 0 aliphatic carbocycles. The Bertz CT molecular complexity index is 630. The molecule has 0 aliphatic rings. The van der Waals surface area contributed by atoms with E-state index >= 15 is 0 Å². The largest absolute Gasteiger partial charge is 0.349 e. The van der Waals surface area contributed by atoms with Crippen LogP contribution < -0.4 is 10.5 Å². The van der Waals surface area contributed by atoms with Crippen LogP contribution in [0.2, 0.25) is 0 Å². The number of aromatic nitrogens is 3. The van der Waals surface area contributed by atoms with Gasteiger partial charge in [-0.05, 0) is 12.5 Å². The fourth-order valence-electron chi connectivity index (χ4n) is 1.81. The highest BCUT2D eigenvalue weighted by molar-refractivity contribution is 7.92. The first-order chi connectivity index (χ1) is 9.06. The smallest absolute Gasteiger partial charge is 0.263 e. The molecule has 2 aromatic heterocycles. The van der Waals surface area contributed by atoms with E-state index in [1.165, 1.54) is 12.4 Å². The number of anilines is 1. The van der Waals surface area contributed by atoms with E-state index in [-0.39, 0.29) is 4.90 Å². The number of aromatic amines is 1. The molecule has 0 amide bonds. The predicted octanol–water partition coefficient (Wildman–Crippen LogP) is 0.881. The van der Waals surface area contributed by atoms with E-state index in [4.69, 9.17) is 5.73 Å². The summed E-state index contributed by atoms with van der Waals surface area (Å²) < 4.78 is 28.7. The van der Waals surface area contributed by atoms with Gasteiger partial charge in [0.15, 0.2) is 0 Å². The summed E-state index contributed by atoms with van der Waals surface area (Å²) in [5, 5.41) is 6.24. The average molecular weight is 283 g/mol. The van der Waals surface area contributed by atoms with Gasteiger partial charge in [0.2, 0.25) is 0 Å². The summed E-state index contributed by atoms with van der Waals surface area (Å²) >= 11 is 0. The molecule has 7 nitrogen and oxygen atoms in total. The lowest BCUT2D eigenvalue weighted by Crippen LogP contribution is -2.11. The molecule has 0 atom stereocenters. The van der Waals surface area contributed by atoms with Crippen molar-refractivity contribution >= 4 is 15.7 Å². The van der Waals surface area contributed by atoms with E-state index in [1.54, 1.807) is 12.3 Å². The van der Waals surface area contributed by atoms with Crippen LogP contribution >= 0.6 is 0 Å². The molecule has 2 rings (SSSR count). The van der Waals surface area contributed by atoms with Crippen LogP contribution in [-0.2, 0) is 23.1 Å². The highest BCUT2D eigenvalue weighted by atomic mass is 32.2. The number of hydrogen-bond acceptors (Lipinski definition) is 4. The van der Waals surface area contributed by atoms with Gasteiger partial charge in [0.1, 0.15) is 4.90 Å². The van der Waals surface area contributed by atoms with Crippen LogP contribution in [0.5, 0.6) is 0 Å². The molecule has 2 heterocycles. The monoisotopic (exact) mass is 283 g/mol. The molecule has 0 bridgehead atoms. The molecule has 8 heteroatoms. The van der Waals surface area contributed by atoms with Gasteiger partial charge < -0.3 is 10.3 Å². The molecule has 0 fully saturated rings. The molecule has 0 aliphatic heterocycles. The third kappa shape index (κ3) is 2.96. The second-order valence-electron chi connectivity index (χ2n) is 4.16. The Kier molecular flexibility index (Phi) is 3.91. The maximum absolute atomic E-state index is 12.2. The number of hydrogen-bond donors (Lipinski definition) is 3. The van der Waals surface area contributed by atoms with Crippen molar-refractivity contribution in [1.29, 1.82) is 0 Å². The summed E-state index contributed by atoms with van der Waals surface area (Å²) in [6, 6.07) is 1.60. The highest BCUT2D eigenvalue weighted by Gasteiger charge is 2.18. The van der Waals surface area contributed by atoms with E-state index < -0.39 is 10.0 Å². The first-order valence-electron chi connectivity index (χ1n) is 5.97. The summed E-state index contributed by atoms with van der Waals surface area (Å²) in [5.74, 6) is 0. The Balaban J connectivity index is 2.30. The third-order valence-corrected chi connectivity index (χ3v) is 4.04. The number of rotatable bonds is 6. The van der Waals surface area contributed by atoms with Gasteiger partial charge in [0.25, 0.3) is 10.0 Å². The Morgan fingerprint density at radius 2 is 2.32 bits per heavy atom. The summed E-state index contributed by atoms with van der Waals surface area (Å²) in [6.45, 7) is 3.08. The number of sulfonamides is 1. The van der Waals surface area contributed by atoms with Crippen LogP contribution in [0.1, 0.15) is 19.0 Å². The number of H-pyrrole nitrogens is 1. The summed E-state index contributed by atoms with van der Waals surface area (Å²) in [4.78, 5) is 0.211. The van der Waals surface area contributed by atoms with Gasteiger partial charge in [0.05, 0.1) is 11.9 Å². The standard InChI is InChI=1S/C11H17N5O2S/c1-2-3-16-8-11(4-10(16)5-12)19(17,18)15-9-6-13-14-7-9/h4,6-8,15H,2-3,5,12H2,1H3,(H,13,14). The van der Waals surface area contributed by atoms with Gasteiger partial charge in [0, 0.05) is 31.2 Å². The fourth-order valence-corrected chi connectivity index (χ4v) is 2.91. The van der Waals surface area contributed by atoms with E-state index in [2.05, 4.69) is 14.9 Å². The third-order valence-electron chi connectivity index (χ3n) is 2.70. The van der Waals surface area contributed by atoms with Crippen molar-refractivity contribution in [2.75, 3.05) is 4.72 Å². The normalized spacial score (nSPS) is 11.7. The number of aryl methyl sites for hydroxylation is 1. The molecule has 104 valence electrons. The second kappa shape index (κ2) is 5.45. The zero-order chi connectivity index (χ0) is 13.9. The molecular formula is C11H17N5O2S. The van der Waals surface area contributed by atoms with E-state index in [1.807, 2.05) is 11.5 Å². The first-order valence-corrected chi connectivity index (χ1v) is 7.46. The lowest BCUT2D eigenvalue weighted by atomic mass is 10.4. The summed E-state index contributed by atoms with van der Waals surface area (Å²) in [5.41, 5.74) is 6.82. The van der Waals surface area contributed by atoms with Crippen molar-refractivity contribution in [1.82, 2.24) is 14.8 Å². The Morgan fingerprint density at radius 1 is 1.53 bits per heavy atom. The SMILES string of the molecule is CCCn1cc(S(=O)(=O)Nc2cn[nH]c2)cc1CN. The van der Waals surface area contributed by atoms with Gasteiger partial charge in [-0.1, -0.05) is 6.92 Å². The van der Waals surface area contributed by atoms with Crippen LogP contribution in [-0.4, -0.2) is 23.2 Å². The average Bonchev–Trinajstić information content (AvgIpc) is 2.98. The van der Waals surface area contributed by atoms with E-state index in [0.717, 1.165) is 18.7 Å². The Morgan fingerprint density at radius 3 is 2.89 bits per heavy atom. The molecule has 2 aromatic rings. The molecule has 0 spiro atoms. The van der Waals surface area contributed by atoms with Crippen LogP contribution in [0.15, 0.2) is 29.6 Å². The lowest BCUT2D eigenvalue weighted by molar-refractivity contribution is 0.600. The second-order valence-corrected chi connectivity index (χ2v) is 5.84. The quantitative estimate of drug-likeness (QED) is 0.731. The summed E-state index contributed by atoms with van der Waals surface area (Å²) in [7, 11) is -3.60. The van der Waals surface area contributed by atoms with E-state index in [0.29, 0.717) is 12.2 Å². The molecule has 0 unspecified atom stereocenters. The number of nitrogens with one attached hydrogen (secondary N) is 2. The molecular weight excluding hydrogens is 266 g/mol. The molecule has 0 aromatic carbocycles. The highest BCUT2D eigenvalue weighted by Crippen LogP contribution is 2.18. The van der Waals surface area contributed by atoms with Gasteiger partial charge >= 0.3 is 0 Å². The summed E-state index contributed by atoms with van der Waals surface area (Å²) in [6.07, 6.45) is 5.40. The van der Waals surface area contributed by atoms with Crippen LogP contribution in [0.3, 0.4) is 0 Å². The molecule has 0 saturated carbocycles. The van der Waals surface area contributed by atoms with Gasteiger partial charge in [-0.15, -0.1) is 0 Å². The van der Waals surface area contributed by atoms with E-state index in [9.17, 15) is 8.42 Å². The predicted molar refractivity (Wildman–Crippen MR) is 72.0 cm³/mol. The number of nitrogens with two attached hydrogens (primary N) is 1. The van der Waals surface area contributed by atoms with Crippen molar-refractivity contribution in [3.63, 3.8) is 0 Å². The van der Waals surface area contributed by atoms with Crippen molar-refractivity contribution < 1.29 is 8.42 Å². The van der Waals surface area contributed by atoms with Crippen LogP contribution in [0, 0.1) is 0 Å². The minimum Gasteiger partial charge on any atom is -0.349 e. The zero-order valence-corrected chi connectivity index (χ0v) is 11.4. The molecule has 0 radical (unpaired) electrons. The minimum atomic E-state index is -3.60. The van der Waals surface area contributed by atoms with Crippen molar-refractivity contribution in [2.24, 2.45) is 5.73 Å². The van der Waals surface area contributed by atoms with Gasteiger partial charge in [-0.3, -0.25) is 9.82 Å². The molecule has 4 N–H and O–H groups in total. The molecule has 0 saturated heterocycles. The van der Waals surface area contributed by atoms with Gasteiger partial charge in [-0.25, -0.2) is 8.42 Å². The van der Waals surface area contributed by atoms with Crippen LogP contribution in [0.4, 0.5) is 5.69 Å². The fraction of sp³-hybridized carbons (Fsp3) is 0.364. The van der Waals surface area contributed by atoms with Gasteiger partial charge in [-0.2, -0.15) is 5.10 Å². The van der Waals surface area contributed by atoms with Crippen molar-refractivity contribution in [3.05, 3.63) is 30.4 Å². The lowest BCUT2D eigenvalue weighted by Gasteiger charge is -2.04. The Hall–Kier alpha value is -1.80. The number of nitrogens with zero attached hydrogens (tertiary/aromatic N) is 2. The Labute approximate surface area is 111 Å². The topological polar surface area (TPSA) is 106 Å². The van der Waals surface area contributed by atoms with Crippen molar-refractivity contribution in [2.45, 2.75) is 31.3 Å². The van der Waals surface area contributed by atoms with Crippen molar-refractivity contribution in [3.8, 4) is 0 Å². The minimum absolute atomic E-state index is 0.211.